The summed E-state index contributed by atoms with van der Waals surface area (Å²) in [5.41, 5.74) is 2.18. The number of rotatable bonds is 5. The summed E-state index contributed by atoms with van der Waals surface area (Å²) in [7, 11) is 0. The van der Waals surface area contributed by atoms with E-state index in [1.165, 1.54) is 6.08 Å². The van der Waals surface area contributed by atoms with Crippen LogP contribution < -0.4 is 5.32 Å². The SMILES string of the molecule is O=C(C=Cc1ccco1)Nc1ccc(N=Nc2ccccc2)cc1. The van der Waals surface area contributed by atoms with Crippen molar-refractivity contribution in [2.45, 2.75) is 0 Å². The Balaban J connectivity index is 1.58. The Morgan fingerprint density at radius 3 is 2.25 bits per heavy atom. The van der Waals surface area contributed by atoms with Crippen LogP contribution in [0.1, 0.15) is 5.76 Å². The number of amides is 1. The number of carbonyl (C=O) groups is 1. The van der Waals surface area contributed by atoms with E-state index >= 15 is 0 Å². The highest BCUT2D eigenvalue weighted by atomic mass is 16.3. The molecule has 0 bridgehead atoms. The van der Waals surface area contributed by atoms with Gasteiger partial charge in [0.2, 0.25) is 5.91 Å². The molecule has 0 unspecified atom stereocenters. The highest BCUT2D eigenvalue weighted by Gasteiger charge is 1.99. The lowest BCUT2D eigenvalue weighted by Crippen LogP contribution is -2.07. The normalized spacial score (nSPS) is 11.2. The van der Waals surface area contributed by atoms with E-state index in [0.717, 1.165) is 5.69 Å². The van der Waals surface area contributed by atoms with Crippen LogP contribution in [0.2, 0.25) is 0 Å². The number of hydrogen-bond donors (Lipinski definition) is 1. The third-order valence-electron chi connectivity index (χ3n) is 3.11. The van der Waals surface area contributed by atoms with E-state index in [1.54, 1.807) is 48.7 Å². The quantitative estimate of drug-likeness (QED) is 0.509. The lowest BCUT2D eigenvalue weighted by Gasteiger charge is -2.01. The molecule has 0 atom stereocenters. The summed E-state index contributed by atoms with van der Waals surface area (Å²) in [4.78, 5) is 11.8. The van der Waals surface area contributed by atoms with Gasteiger partial charge in [0, 0.05) is 11.8 Å². The maximum Gasteiger partial charge on any atom is 0.248 e. The third-order valence-corrected chi connectivity index (χ3v) is 3.11. The molecule has 118 valence electrons. The molecule has 3 aromatic rings. The number of carbonyl (C=O) groups excluding carboxylic acids is 1. The molecule has 0 saturated heterocycles. The molecule has 0 aliphatic rings. The van der Waals surface area contributed by atoms with Crippen molar-refractivity contribution in [1.29, 1.82) is 0 Å². The number of benzene rings is 2. The van der Waals surface area contributed by atoms with E-state index in [1.807, 2.05) is 30.3 Å². The number of hydrogen-bond acceptors (Lipinski definition) is 4. The zero-order valence-corrected chi connectivity index (χ0v) is 12.8. The first-order chi connectivity index (χ1) is 11.8. The van der Waals surface area contributed by atoms with Gasteiger partial charge in [-0.1, -0.05) is 18.2 Å². The molecule has 5 heteroatoms. The van der Waals surface area contributed by atoms with Crippen LogP contribution in [0.5, 0.6) is 0 Å². The highest BCUT2D eigenvalue weighted by Crippen LogP contribution is 2.20. The minimum Gasteiger partial charge on any atom is -0.465 e. The van der Waals surface area contributed by atoms with Gasteiger partial charge in [0.25, 0.3) is 0 Å². The van der Waals surface area contributed by atoms with E-state index in [0.29, 0.717) is 17.1 Å². The Morgan fingerprint density at radius 2 is 1.58 bits per heavy atom. The van der Waals surface area contributed by atoms with E-state index in [4.69, 9.17) is 4.42 Å². The van der Waals surface area contributed by atoms with Crippen molar-refractivity contribution < 1.29 is 9.21 Å². The fourth-order valence-electron chi connectivity index (χ4n) is 1.95. The first-order valence-electron chi connectivity index (χ1n) is 7.39. The molecule has 5 nitrogen and oxygen atoms in total. The minimum absolute atomic E-state index is 0.231. The molecule has 0 spiro atoms. The van der Waals surface area contributed by atoms with Crippen molar-refractivity contribution in [3.8, 4) is 0 Å². The number of nitrogens with one attached hydrogen (secondary N) is 1. The van der Waals surface area contributed by atoms with Gasteiger partial charge in [-0.25, -0.2) is 0 Å². The van der Waals surface area contributed by atoms with Crippen LogP contribution in [0, 0.1) is 0 Å². The fraction of sp³-hybridized carbons (Fsp3) is 0. The van der Waals surface area contributed by atoms with E-state index in [2.05, 4.69) is 15.5 Å². The minimum atomic E-state index is -0.231. The maximum absolute atomic E-state index is 11.8. The summed E-state index contributed by atoms with van der Waals surface area (Å²) in [6.07, 6.45) is 4.58. The van der Waals surface area contributed by atoms with Crippen LogP contribution in [-0.4, -0.2) is 5.91 Å². The van der Waals surface area contributed by atoms with E-state index < -0.39 is 0 Å². The molecule has 0 radical (unpaired) electrons. The predicted octanol–water partition coefficient (Wildman–Crippen LogP) is 5.35. The summed E-state index contributed by atoms with van der Waals surface area (Å²) in [5.74, 6) is 0.395. The van der Waals surface area contributed by atoms with Gasteiger partial charge < -0.3 is 9.73 Å². The van der Waals surface area contributed by atoms with Crippen LogP contribution in [-0.2, 0) is 4.79 Å². The Hall–Kier alpha value is -3.47. The van der Waals surface area contributed by atoms with E-state index in [9.17, 15) is 4.79 Å². The summed E-state index contributed by atoms with van der Waals surface area (Å²) in [6.45, 7) is 0. The van der Waals surface area contributed by atoms with Crippen molar-refractivity contribution in [1.82, 2.24) is 0 Å². The first kappa shape index (κ1) is 15.4. The first-order valence-corrected chi connectivity index (χ1v) is 7.39. The summed E-state index contributed by atoms with van der Waals surface area (Å²) >= 11 is 0. The van der Waals surface area contributed by atoms with E-state index in [-0.39, 0.29) is 5.91 Å². The fourth-order valence-corrected chi connectivity index (χ4v) is 1.95. The Kier molecular flexibility index (Phi) is 4.94. The smallest absolute Gasteiger partial charge is 0.248 e. The molecule has 0 saturated carbocycles. The largest absolute Gasteiger partial charge is 0.465 e. The van der Waals surface area contributed by atoms with Crippen molar-refractivity contribution in [3.63, 3.8) is 0 Å². The molecule has 24 heavy (non-hydrogen) atoms. The monoisotopic (exact) mass is 317 g/mol. The van der Waals surface area contributed by atoms with Crippen LogP contribution in [0.4, 0.5) is 17.1 Å². The average Bonchev–Trinajstić information content (AvgIpc) is 3.14. The van der Waals surface area contributed by atoms with Gasteiger partial charge >= 0.3 is 0 Å². The van der Waals surface area contributed by atoms with Gasteiger partial charge in [-0.3, -0.25) is 4.79 Å². The molecule has 0 aliphatic carbocycles. The van der Waals surface area contributed by atoms with Crippen LogP contribution in [0.3, 0.4) is 0 Å². The van der Waals surface area contributed by atoms with Gasteiger partial charge in [-0.2, -0.15) is 10.2 Å². The average molecular weight is 317 g/mol. The predicted molar refractivity (Wildman–Crippen MR) is 93.4 cm³/mol. The highest BCUT2D eigenvalue weighted by molar-refractivity contribution is 6.01. The molecule has 1 amide bonds. The van der Waals surface area contributed by atoms with Gasteiger partial charge in [0.15, 0.2) is 0 Å². The van der Waals surface area contributed by atoms with Crippen molar-refractivity contribution in [2.24, 2.45) is 10.2 Å². The third kappa shape index (κ3) is 4.51. The summed E-state index contributed by atoms with van der Waals surface area (Å²) in [6, 6.07) is 20.2. The van der Waals surface area contributed by atoms with Gasteiger partial charge in [0.1, 0.15) is 5.76 Å². The summed E-state index contributed by atoms with van der Waals surface area (Å²) in [5, 5.41) is 11.1. The maximum atomic E-state index is 11.8. The molecule has 1 aromatic heterocycles. The van der Waals surface area contributed by atoms with Gasteiger partial charge in [-0.05, 0) is 54.6 Å². The summed E-state index contributed by atoms with van der Waals surface area (Å²) < 4.78 is 5.12. The molecule has 0 aliphatic heterocycles. The number of anilines is 1. The number of azo groups is 1. The molecule has 1 heterocycles. The lowest BCUT2D eigenvalue weighted by atomic mass is 10.3. The second-order valence-corrected chi connectivity index (χ2v) is 4.92. The van der Waals surface area contributed by atoms with Crippen LogP contribution >= 0.6 is 0 Å². The zero-order valence-electron chi connectivity index (χ0n) is 12.8. The molecule has 2 aromatic carbocycles. The Labute approximate surface area is 139 Å². The van der Waals surface area contributed by atoms with Gasteiger partial charge in [0.05, 0.1) is 17.6 Å². The van der Waals surface area contributed by atoms with Crippen molar-refractivity contribution in [2.75, 3.05) is 5.32 Å². The lowest BCUT2D eigenvalue weighted by molar-refractivity contribution is -0.111. The van der Waals surface area contributed by atoms with Crippen molar-refractivity contribution in [3.05, 3.63) is 84.8 Å². The molecule has 1 N–H and O–H groups in total. The van der Waals surface area contributed by atoms with Crippen LogP contribution in [0.15, 0.2) is 93.7 Å². The van der Waals surface area contributed by atoms with Crippen LogP contribution in [0.25, 0.3) is 6.08 Å². The second kappa shape index (κ2) is 7.69. The Bertz CT molecular complexity index is 836. The second-order valence-electron chi connectivity index (χ2n) is 4.92. The topological polar surface area (TPSA) is 67.0 Å². The molecular formula is C19H15N3O2. The molecular weight excluding hydrogens is 302 g/mol. The zero-order chi connectivity index (χ0) is 16.6. The van der Waals surface area contributed by atoms with Gasteiger partial charge in [-0.15, -0.1) is 0 Å². The number of furan rings is 1. The number of nitrogens with zero attached hydrogens (tertiary/aromatic N) is 2. The van der Waals surface area contributed by atoms with Crippen molar-refractivity contribution >= 4 is 29.0 Å². The molecule has 3 rings (SSSR count). The molecule has 0 fully saturated rings. The standard InChI is InChI=1S/C19H15N3O2/c23-19(13-12-18-7-4-14-24-18)20-15-8-10-17(11-9-15)22-21-16-5-2-1-3-6-16/h1-14H,(H,20,23). The Morgan fingerprint density at radius 1 is 0.875 bits per heavy atom.